The van der Waals surface area contributed by atoms with Crippen molar-refractivity contribution in [2.75, 3.05) is 0 Å². The summed E-state index contributed by atoms with van der Waals surface area (Å²) in [6, 6.07) is 0. The molecular weight excluding hydrogens is 188 g/mol. The van der Waals surface area contributed by atoms with E-state index in [1.54, 1.807) is 0 Å². The summed E-state index contributed by atoms with van der Waals surface area (Å²) in [5.41, 5.74) is 0. The average molecular weight is 213 g/mol. The molecule has 0 aromatic heterocycles. The minimum absolute atomic E-state index is 0.328. The predicted molar refractivity (Wildman–Crippen MR) is 63.7 cm³/mol. The Labute approximate surface area is 94.1 Å². The zero-order chi connectivity index (χ0) is 11.5. The quantitative estimate of drug-likeness (QED) is 0.556. The molecule has 0 amide bonds. The van der Waals surface area contributed by atoms with Gasteiger partial charge in [0.1, 0.15) is 0 Å². The van der Waals surface area contributed by atoms with Crippen LogP contribution in [0.5, 0.6) is 0 Å². The van der Waals surface area contributed by atoms with E-state index in [1.807, 2.05) is 0 Å². The molecule has 1 radical (unpaired) electrons. The lowest BCUT2D eigenvalue weighted by molar-refractivity contribution is -0.137. The molecule has 89 valence electrons. The SMILES string of the molecule is [CH2]CCCC(CCC)CCCCC(=O)O. The summed E-state index contributed by atoms with van der Waals surface area (Å²) in [6.07, 6.45) is 9.44. The van der Waals surface area contributed by atoms with Crippen molar-refractivity contribution < 1.29 is 9.90 Å². The van der Waals surface area contributed by atoms with Crippen molar-refractivity contribution in [3.8, 4) is 0 Å². The van der Waals surface area contributed by atoms with Crippen LogP contribution in [0.2, 0.25) is 0 Å². The van der Waals surface area contributed by atoms with E-state index in [0.717, 1.165) is 25.2 Å². The highest BCUT2D eigenvalue weighted by molar-refractivity contribution is 5.66. The molecule has 2 nitrogen and oxygen atoms in total. The molecule has 1 unspecified atom stereocenters. The fraction of sp³-hybridized carbons (Fsp3) is 0.846. The van der Waals surface area contributed by atoms with E-state index in [9.17, 15) is 4.79 Å². The lowest BCUT2D eigenvalue weighted by Crippen LogP contribution is -2.01. The van der Waals surface area contributed by atoms with Gasteiger partial charge in [0.2, 0.25) is 0 Å². The Balaban J connectivity index is 3.51. The van der Waals surface area contributed by atoms with Gasteiger partial charge in [-0.2, -0.15) is 0 Å². The zero-order valence-electron chi connectivity index (χ0n) is 10.0. The molecule has 0 spiro atoms. The van der Waals surface area contributed by atoms with Crippen LogP contribution in [0.25, 0.3) is 0 Å². The van der Waals surface area contributed by atoms with Crippen LogP contribution in [-0.4, -0.2) is 11.1 Å². The van der Waals surface area contributed by atoms with Gasteiger partial charge in [0.05, 0.1) is 0 Å². The fourth-order valence-electron chi connectivity index (χ4n) is 1.98. The van der Waals surface area contributed by atoms with Gasteiger partial charge >= 0.3 is 5.97 Å². The summed E-state index contributed by atoms with van der Waals surface area (Å²) in [5, 5.41) is 8.52. The summed E-state index contributed by atoms with van der Waals surface area (Å²) >= 11 is 0. The molecule has 0 aliphatic rings. The van der Waals surface area contributed by atoms with Gasteiger partial charge in [-0.25, -0.2) is 0 Å². The molecule has 0 aliphatic carbocycles. The molecule has 0 aromatic carbocycles. The van der Waals surface area contributed by atoms with E-state index >= 15 is 0 Å². The molecule has 1 N–H and O–H groups in total. The Bertz CT molecular complexity index is 155. The van der Waals surface area contributed by atoms with E-state index in [0.29, 0.717) is 6.42 Å². The second-order valence-electron chi connectivity index (χ2n) is 4.29. The number of rotatable bonds is 10. The maximum absolute atomic E-state index is 10.3. The molecule has 2 heteroatoms. The largest absolute Gasteiger partial charge is 0.481 e. The standard InChI is InChI=1S/C13H25O2/c1-3-5-9-12(8-4-2)10-6-7-11-13(14)15/h12H,1,3-11H2,2H3,(H,14,15). The molecular formula is C13H25O2. The molecule has 0 fully saturated rings. The molecule has 0 aliphatic heterocycles. The summed E-state index contributed by atoms with van der Waals surface area (Å²) in [7, 11) is 0. The molecule has 0 saturated carbocycles. The van der Waals surface area contributed by atoms with Crippen molar-refractivity contribution in [3.05, 3.63) is 6.92 Å². The zero-order valence-corrected chi connectivity index (χ0v) is 10.0. The first-order valence-corrected chi connectivity index (χ1v) is 6.21. The molecule has 0 bridgehead atoms. The highest BCUT2D eigenvalue weighted by Gasteiger charge is 2.07. The van der Waals surface area contributed by atoms with Crippen molar-refractivity contribution in [1.29, 1.82) is 0 Å². The van der Waals surface area contributed by atoms with Crippen molar-refractivity contribution in [1.82, 2.24) is 0 Å². The van der Waals surface area contributed by atoms with Gasteiger partial charge in [-0.1, -0.05) is 58.8 Å². The van der Waals surface area contributed by atoms with Crippen LogP contribution in [0.1, 0.15) is 64.7 Å². The van der Waals surface area contributed by atoms with Crippen LogP contribution < -0.4 is 0 Å². The highest BCUT2D eigenvalue weighted by Crippen LogP contribution is 2.21. The Hall–Kier alpha value is -0.530. The molecule has 15 heavy (non-hydrogen) atoms. The topological polar surface area (TPSA) is 37.3 Å². The Morgan fingerprint density at radius 1 is 1.20 bits per heavy atom. The second-order valence-corrected chi connectivity index (χ2v) is 4.29. The molecule has 1 atom stereocenters. The minimum atomic E-state index is -0.667. The Morgan fingerprint density at radius 3 is 2.40 bits per heavy atom. The number of aliphatic carboxylic acids is 1. The highest BCUT2D eigenvalue weighted by atomic mass is 16.4. The first-order valence-electron chi connectivity index (χ1n) is 6.21. The number of carboxylic acids is 1. The fourth-order valence-corrected chi connectivity index (χ4v) is 1.98. The first-order chi connectivity index (χ1) is 7.20. The summed E-state index contributed by atoms with van der Waals surface area (Å²) < 4.78 is 0. The number of carbonyl (C=O) groups is 1. The number of carboxylic acid groups (broad SMARTS) is 1. The van der Waals surface area contributed by atoms with Crippen molar-refractivity contribution in [2.45, 2.75) is 64.7 Å². The number of hydrogen-bond donors (Lipinski definition) is 1. The Kier molecular flexibility index (Phi) is 9.65. The van der Waals surface area contributed by atoms with Gasteiger partial charge in [0.15, 0.2) is 0 Å². The van der Waals surface area contributed by atoms with E-state index in [2.05, 4.69) is 13.8 Å². The van der Waals surface area contributed by atoms with Crippen LogP contribution in [-0.2, 0) is 4.79 Å². The average Bonchev–Trinajstić information content (AvgIpc) is 2.20. The predicted octanol–water partition coefficient (Wildman–Crippen LogP) is 4.05. The van der Waals surface area contributed by atoms with Crippen LogP contribution in [0.4, 0.5) is 0 Å². The van der Waals surface area contributed by atoms with Crippen LogP contribution in [0, 0.1) is 12.8 Å². The summed E-state index contributed by atoms with van der Waals surface area (Å²) in [4.78, 5) is 10.3. The van der Waals surface area contributed by atoms with Crippen molar-refractivity contribution >= 4 is 5.97 Å². The van der Waals surface area contributed by atoms with Crippen molar-refractivity contribution in [2.24, 2.45) is 5.92 Å². The monoisotopic (exact) mass is 213 g/mol. The van der Waals surface area contributed by atoms with E-state index in [4.69, 9.17) is 5.11 Å². The second kappa shape index (κ2) is 10.0. The molecule has 0 aromatic rings. The summed E-state index contributed by atoms with van der Waals surface area (Å²) in [5.74, 6) is 0.130. The van der Waals surface area contributed by atoms with Gasteiger partial charge in [0, 0.05) is 6.42 Å². The molecule has 0 rings (SSSR count). The normalized spacial score (nSPS) is 12.7. The lowest BCUT2D eigenvalue weighted by atomic mass is 9.91. The summed E-state index contributed by atoms with van der Waals surface area (Å²) in [6.45, 7) is 6.08. The van der Waals surface area contributed by atoms with E-state index in [-0.39, 0.29) is 0 Å². The number of unbranched alkanes of at least 4 members (excludes halogenated alkanes) is 2. The van der Waals surface area contributed by atoms with Gasteiger partial charge < -0.3 is 5.11 Å². The van der Waals surface area contributed by atoms with E-state index in [1.165, 1.54) is 32.1 Å². The molecule has 0 heterocycles. The first kappa shape index (κ1) is 14.5. The lowest BCUT2D eigenvalue weighted by Gasteiger charge is -2.15. The van der Waals surface area contributed by atoms with Gasteiger partial charge in [-0.05, 0) is 12.3 Å². The van der Waals surface area contributed by atoms with Crippen molar-refractivity contribution in [3.63, 3.8) is 0 Å². The maximum Gasteiger partial charge on any atom is 0.303 e. The van der Waals surface area contributed by atoms with Crippen LogP contribution >= 0.6 is 0 Å². The third-order valence-corrected chi connectivity index (χ3v) is 2.81. The van der Waals surface area contributed by atoms with Gasteiger partial charge in [0.25, 0.3) is 0 Å². The number of hydrogen-bond acceptors (Lipinski definition) is 1. The van der Waals surface area contributed by atoms with E-state index < -0.39 is 5.97 Å². The molecule has 0 saturated heterocycles. The Morgan fingerprint density at radius 2 is 1.87 bits per heavy atom. The van der Waals surface area contributed by atoms with Gasteiger partial charge in [-0.15, -0.1) is 0 Å². The maximum atomic E-state index is 10.3. The van der Waals surface area contributed by atoms with Crippen LogP contribution in [0.3, 0.4) is 0 Å². The third-order valence-electron chi connectivity index (χ3n) is 2.81. The van der Waals surface area contributed by atoms with Gasteiger partial charge in [-0.3, -0.25) is 4.79 Å². The third kappa shape index (κ3) is 9.77. The van der Waals surface area contributed by atoms with Crippen LogP contribution in [0.15, 0.2) is 0 Å². The minimum Gasteiger partial charge on any atom is -0.481 e. The smallest absolute Gasteiger partial charge is 0.303 e.